The Bertz CT molecular complexity index is 734. The second kappa shape index (κ2) is 5.82. The van der Waals surface area contributed by atoms with Gasteiger partial charge in [0.05, 0.1) is 13.1 Å². The minimum Gasteiger partial charge on any atom is -0.470 e. The van der Waals surface area contributed by atoms with Gasteiger partial charge in [0.1, 0.15) is 23.6 Å². The van der Waals surface area contributed by atoms with Crippen LogP contribution in [0.1, 0.15) is 15.9 Å². The van der Waals surface area contributed by atoms with Crippen molar-refractivity contribution in [3.63, 3.8) is 0 Å². The third kappa shape index (κ3) is 2.74. The lowest BCUT2D eigenvalue weighted by atomic mass is 10.1. The molecule has 5 nitrogen and oxygen atoms in total. The summed E-state index contributed by atoms with van der Waals surface area (Å²) in [4.78, 5) is 17.8. The van der Waals surface area contributed by atoms with Crippen molar-refractivity contribution in [3.05, 3.63) is 59.5 Å². The standard InChI is InChI=1S/C16H12FN3O2/c17-13-5-3-11(4-6-13)16(21)20-9-14(10-20)22-15-12(8-18)2-1-7-19-15/h1-7,14H,9-10H2. The summed E-state index contributed by atoms with van der Waals surface area (Å²) in [5.74, 6) is -0.259. The molecule has 0 aliphatic carbocycles. The summed E-state index contributed by atoms with van der Waals surface area (Å²) < 4.78 is 18.5. The normalized spacial score (nSPS) is 14.1. The van der Waals surface area contributed by atoms with Gasteiger partial charge in [-0.15, -0.1) is 0 Å². The second-order valence-electron chi connectivity index (χ2n) is 4.92. The molecule has 22 heavy (non-hydrogen) atoms. The van der Waals surface area contributed by atoms with E-state index in [-0.39, 0.29) is 23.7 Å². The molecule has 6 heteroatoms. The van der Waals surface area contributed by atoms with E-state index in [2.05, 4.69) is 4.98 Å². The molecule has 1 aromatic heterocycles. The van der Waals surface area contributed by atoms with Crippen LogP contribution in [0.4, 0.5) is 4.39 Å². The number of amides is 1. The van der Waals surface area contributed by atoms with Crippen LogP contribution in [0.15, 0.2) is 42.6 Å². The van der Waals surface area contributed by atoms with Crippen molar-refractivity contribution in [2.75, 3.05) is 13.1 Å². The summed E-state index contributed by atoms with van der Waals surface area (Å²) in [5.41, 5.74) is 0.807. The highest BCUT2D eigenvalue weighted by Gasteiger charge is 2.33. The minimum atomic E-state index is -0.374. The van der Waals surface area contributed by atoms with Gasteiger partial charge in [0.2, 0.25) is 5.88 Å². The smallest absolute Gasteiger partial charge is 0.254 e. The Morgan fingerprint density at radius 2 is 2.05 bits per heavy atom. The number of pyridine rings is 1. The van der Waals surface area contributed by atoms with E-state index in [0.29, 0.717) is 24.2 Å². The first-order chi connectivity index (χ1) is 10.7. The first-order valence-electron chi connectivity index (χ1n) is 6.74. The van der Waals surface area contributed by atoms with Crippen molar-refractivity contribution < 1.29 is 13.9 Å². The van der Waals surface area contributed by atoms with E-state index in [1.165, 1.54) is 24.3 Å². The van der Waals surface area contributed by atoms with Gasteiger partial charge < -0.3 is 9.64 Å². The summed E-state index contributed by atoms with van der Waals surface area (Å²) in [6.07, 6.45) is 1.36. The zero-order valence-electron chi connectivity index (χ0n) is 11.6. The maximum Gasteiger partial charge on any atom is 0.254 e. The van der Waals surface area contributed by atoms with Gasteiger partial charge in [-0.3, -0.25) is 4.79 Å². The molecule has 110 valence electrons. The fourth-order valence-electron chi connectivity index (χ4n) is 2.18. The number of rotatable bonds is 3. The van der Waals surface area contributed by atoms with Crippen LogP contribution in [0.5, 0.6) is 5.88 Å². The predicted molar refractivity (Wildman–Crippen MR) is 75.7 cm³/mol. The molecule has 2 aromatic rings. The molecule has 1 saturated heterocycles. The fraction of sp³-hybridized carbons (Fsp3) is 0.188. The quantitative estimate of drug-likeness (QED) is 0.869. The average Bonchev–Trinajstić information content (AvgIpc) is 2.51. The Labute approximate surface area is 126 Å². The molecule has 1 aromatic carbocycles. The second-order valence-corrected chi connectivity index (χ2v) is 4.92. The number of hydrogen-bond donors (Lipinski definition) is 0. The van der Waals surface area contributed by atoms with Crippen LogP contribution in [0.25, 0.3) is 0 Å². The van der Waals surface area contributed by atoms with Gasteiger partial charge in [0.25, 0.3) is 5.91 Å². The number of carbonyl (C=O) groups is 1. The number of benzene rings is 1. The number of carbonyl (C=O) groups excluding carboxylic acids is 1. The Hall–Kier alpha value is -2.94. The van der Waals surface area contributed by atoms with E-state index in [9.17, 15) is 9.18 Å². The lowest BCUT2D eigenvalue weighted by molar-refractivity contribution is 0.0159. The van der Waals surface area contributed by atoms with Gasteiger partial charge in [0, 0.05) is 11.8 Å². The van der Waals surface area contributed by atoms with Gasteiger partial charge in [-0.25, -0.2) is 9.37 Å². The van der Waals surface area contributed by atoms with Gasteiger partial charge >= 0.3 is 0 Å². The molecule has 1 aliphatic heterocycles. The van der Waals surface area contributed by atoms with Crippen LogP contribution in [-0.2, 0) is 0 Å². The fourth-order valence-corrected chi connectivity index (χ4v) is 2.18. The zero-order chi connectivity index (χ0) is 15.5. The van der Waals surface area contributed by atoms with E-state index in [4.69, 9.17) is 10.00 Å². The highest BCUT2D eigenvalue weighted by Crippen LogP contribution is 2.21. The maximum absolute atomic E-state index is 12.8. The third-order valence-corrected chi connectivity index (χ3v) is 3.40. The summed E-state index contributed by atoms with van der Waals surface area (Å²) in [7, 11) is 0. The maximum atomic E-state index is 12.8. The minimum absolute atomic E-state index is 0.165. The number of nitrogens with zero attached hydrogens (tertiary/aromatic N) is 3. The van der Waals surface area contributed by atoms with Crippen LogP contribution < -0.4 is 4.74 Å². The van der Waals surface area contributed by atoms with Crippen LogP contribution in [0.3, 0.4) is 0 Å². The highest BCUT2D eigenvalue weighted by atomic mass is 19.1. The Morgan fingerprint density at radius 3 is 2.73 bits per heavy atom. The topological polar surface area (TPSA) is 66.2 Å². The van der Waals surface area contributed by atoms with Crippen LogP contribution in [-0.4, -0.2) is 35.0 Å². The molecule has 0 saturated carbocycles. The monoisotopic (exact) mass is 297 g/mol. The molecule has 3 rings (SSSR count). The van der Waals surface area contributed by atoms with Gasteiger partial charge in [0.15, 0.2) is 0 Å². The van der Waals surface area contributed by atoms with Crippen LogP contribution >= 0.6 is 0 Å². The first kappa shape index (κ1) is 14.0. The number of ether oxygens (including phenoxy) is 1. The van der Waals surface area contributed by atoms with E-state index in [1.807, 2.05) is 6.07 Å². The van der Waals surface area contributed by atoms with Crippen molar-refractivity contribution in [1.29, 1.82) is 5.26 Å². The molecular weight excluding hydrogens is 285 g/mol. The van der Waals surface area contributed by atoms with Crippen molar-refractivity contribution in [3.8, 4) is 11.9 Å². The van der Waals surface area contributed by atoms with E-state index >= 15 is 0 Å². The van der Waals surface area contributed by atoms with Crippen molar-refractivity contribution >= 4 is 5.91 Å². The van der Waals surface area contributed by atoms with Gasteiger partial charge in [-0.1, -0.05) is 0 Å². The number of likely N-dealkylation sites (tertiary alicyclic amines) is 1. The molecule has 0 radical (unpaired) electrons. The number of nitriles is 1. The number of halogens is 1. The first-order valence-corrected chi connectivity index (χ1v) is 6.74. The Morgan fingerprint density at radius 1 is 1.32 bits per heavy atom. The molecule has 1 aliphatic rings. The van der Waals surface area contributed by atoms with E-state index in [0.717, 1.165) is 0 Å². The van der Waals surface area contributed by atoms with Gasteiger partial charge in [-0.2, -0.15) is 5.26 Å². The zero-order valence-corrected chi connectivity index (χ0v) is 11.6. The summed E-state index contributed by atoms with van der Waals surface area (Å²) in [6, 6.07) is 10.7. The lowest BCUT2D eigenvalue weighted by Gasteiger charge is -2.38. The molecule has 0 bridgehead atoms. The largest absolute Gasteiger partial charge is 0.470 e. The Balaban J connectivity index is 1.59. The SMILES string of the molecule is N#Cc1cccnc1OC1CN(C(=O)c2ccc(F)cc2)C1. The lowest BCUT2D eigenvalue weighted by Crippen LogP contribution is -2.56. The molecular formula is C16H12FN3O2. The summed E-state index contributed by atoms with van der Waals surface area (Å²) in [6.45, 7) is 0.829. The van der Waals surface area contributed by atoms with Gasteiger partial charge in [-0.05, 0) is 36.4 Å². The van der Waals surface area contributed by atoms with E-state index < -0.39 is 0 Å². The molecule has 2 heterocycles. The van der Waals surface area contributed by atoms with Crippen molar-refractivity contribution in [2.24, 2.45) is 0 Å². The van der Waals surface area contributed by atoms with Crippen molar-refractivity contribution in [1.82, 2.24) is 9.88 Å². The number of hydrogen-bond acceptors (Lipinski definition) is 4. The van der Waals surface area contributed by atoms with E-state index in [1.54, 1.807) is 23.2 Å². The molecule has 0 N–H and O–H groups in total. The molecule has 1 fully saturated rings. The molecule has 1 amide bonds. The van der Waals surface area contributed by atoms with Crippen LogP contribution in [0, 0.1) is 17.1 Å². The average molecular weight is 297 g/mol. The highest BCUT2D eigenvalue weighted by molar-refractivity contribution is 5.94. The Kier molecular flexibility index (Phi) is 3.71. The predicted octanol–water partition coefficient (Wildman–Crippen LogP) is 2.00. The number of aromatic nitrogens is 1. The molecule has 0 spiro atoms. The third-order valence-electron chi connectivity index (χ3n) is 3.40. The summed E-state index contributed by atoms with van der Waals surface area (Å²) in [5, 5.41) is 8.97. The molecule has 0 atom stereocenters. The van der Waals surface area contributed by atoms with Crippen molar-refractivity contribution in [2.45, 2.75) is 6.10 Å². The summed E-state index contributed by atoms with van der Waals surface area (Å²) >= 11 is 0. The van der Waals surface area contributed by atoms with Crippen LogP contribution in [0.2, 0.25) is 0 Å². The molecule has 0 unspecified atom stereocenters.